The van der Waals surface area contributed by atoms with Crippen LogP contribution in [0.1, 0.15) is 40.0 Å². The van der Waals surface area contributed by atoms with Crippen LogP contribution in [0, 0.1) is 5.92 Å². The van der Waals surface area contributed by atoms with Crippen LogP contribution in [0.2, 0.25) is 0 Å². The predicted octanol–water partition coefficient (Wildman–Crippen LogP) is 1.20. The normalized spacial score (nSPS) is 19.5. The van der Waals surface area contributed by atoms with Crippen LogP contribution < -0.4 is 10.2 Å². The van der Waals surface area contributed by atoms with Gasteiger partial charge < -0.3 is 10.2 Å². The molecule has 0 bridgehead atoms. The lowest BCUT2D eigenvalue weighted by Gasteiger charge is -2.30. The highest BCUT2D eigenvalue weighted by Crippen LogP contribution is 2.25. The molecule has 1 amide bonds. The van der Waals surface area contributed by atoms with Gasteiger partial charge in [0.1, 0.15) is 11.0 Å². The van der Waals surface area contributed by atoms with Crippen molar-refractivity contribution in [2.45, 2.75) is 51.0 Å². The number of piperidine rings is 1. The average Bonchev–Trinajstić information content (AvgIpc) is 3.08. The lowest BCUT2D eigenvalue weighted by Crippen LogP contribution is -2.39. The molecule has 154 valence electrons. The summed E-state index contributed by atoms with van der Waals surface area (Å²) in [6.45, 7) is 6.74. The number of hydrogen-bond acceptors (Lipinski definition) is 6. The Morgan fingerprint density at radius 2 is 2.21 bits per heavy atom. The van der Waals surface area contributed by atoms with Crippen LogP contribution in [0.15, 0.2) is 23.1 Å². The van der Waals surface area contributed by atoms with Crippen molar-refractivity contribution in [3.8, 4) is 0 Å². The molecule has 0 aliphatic carbocycles. The van der Waals surface area contributed by atoms with Crippen LogP contribution in [0.25, 0.3) is 11.0 Å². The fraction of sp³-hybridized carbons (Fsp3) is 0.611. The molecule has 1 aliphatic rings. The van der Waals surface area contributed by atoms with Gasteiger partial charge in [0.05, 0.1) is 4.90 Å². The van der Waals surface area contributed by atoms with Crippen molar-refractivity contribution < 1.29 is 18.0 Å². The lowest BCUT2D eigenvalue weighted by atomic mass is 10.0. The van der Waals surface area contributed by atoms with Gasteiger partial charge in [0.2, 0.25) is 10.0 Å². The minimum absolute atomic E-state index is 0.0484. The molecular formula is C18H27N5O4S. The molecule has 1 aromatic carbocycles. The fourth-order valence-electron chi connectivity index (χ4n) is 3.19. The van der Waals surface area contributed by atoms with E-state index < -0.39 is 10.0 Å². The molecule has 3 rings (SSSR count). The highest BCUT2D eigenvalue weighted by Gasteiger charge is 2.29. The van der Waals surface area contributed by atoms with Crippen molar-refractivity contribution in [1.82, 2.24) is 24.8 Å². The van der Waals surface area contributed by atoms with Crippen LogP contribution in [-0.4, -0.2) is 59.5 Å². The van der Waals surface area contributed by atoms with Crippen molar-refractivity contribution in [3.63, 3.8) is 0 Å². The molecule has 0 spiro atoms. The van der Waals surface area contributed by atoms with E-state index in [9.17, 15) is 13.2 Å². The number of sulfonamides is 1. The molecule has 1 aromatic heterocycles. The van der Waals surface area contributed by atoms with E-state index in [4.69, 9.17) is 4.84 Å². The number of nitrogens with one attached hydrogen (secondary N) is 1. The van der Waals surface area contributed by atoms with E-state index in [1.54, 1.807) is 6.07 Å². The van der Waals surface area contributed by atoms with E-state index in [-0.39, 0.29) is 23.5 Å². The predicted molar refractivity (Wildman–Crippen MR) is 104 cm³/mol. The zero-order valence-electron chi connectivity index (χ0n) is 16.5. The minimum Gasteiger partial charge on any atom is -0.385 e. The third-order valence-corrected chi connectivity index (χ3v) is 6.84. The number of hydrogen-bond donors (Lipinski definition) is 1. The Hall–Kier alpha value is -2.20. The second kappa shape index (κ2) is 8.44. The number of amides is 1. The third-order valence-electron chi connectivity index (χ3n) is 4.98. The number of rotatable bonds is 7. The van der Waals surface area contributed by atoms with Crippen LogP contribution in [-0.2, 0) is 14.8 Å². The van der Waals surface area contributed by atoms with Gasteiger partial charge in [-0.3, -0.25) is 4.79 Å². The first-order valence-corrected chi connectivity index (χ1v) is 11.0. The number of carbonyl (C=O) groups is 1. The number of carbonyl (C=O) groups excluding carboxylic acids is 1. The van der Waals surface area contributed by atoms with E-state index in [1.807, 2.05) is 13.8 Å². The topological polar surface area (TPSA) is 106 Å². The first kappa shape index (κ1) is 20.5. The van der Waals surface area contributed by atoms with Gasteiger partial charge in [-0.1, -0.05) is 18.7 Å². The minimum atomic E-state index is -3.60. The zero-order valence-corrected chi connectivity index (χ0v) is 17.3. The van der Waals surface area contributed by atoms with E-state index in [0.717, 1.165) is 24.1 Å². The van der Waals surface area contributed by atoms with Crippen LogP contribution in [0.3, 0.4) is 0 Å². The van der Waals surface area contributed by atoms with Crippen molar-refractivity contribution in [2.75, 3.05) is 19.7 Å². The van der Waals surface area contributed by atoms with Gasteiger partial charge in [-0.05, 0) is 55.5 Å². The molecule has 1 aliphatic heterocycles. The Balaban J connectivity index is 1.79. The summed E-state index contributed by atoms with van der Waals surface area (Å²) in [5.41, 5.74) is 0.899. The first-order valence-electron chi connectivity index (χ1n) is 9.59. The first-order chi connectivity index (χ1) is 13.3. The van der Waals surface area contributed by atoms with Gasteiger partial charge >= 0.3 is 0 Å². The molecule has 1 fully saturated rings. The molecule has 2 atom stereocenters. The summed E-state index contributed by atoms with van der Waals surface area (Å²) in [7, 11) is -3.60. The fourth-order valence-corrected chi connectivity index (χ4v) is 4.80. The Morgan fingerprint density at radius 1 is 1.43 bits per heavy atom. The van der Waals surface area contributed by atoms with Crippen LogP contribution >= 0.6 is 0 Å². The van der Waals surface area contributed by atoms with Crippen molar-refractivity contribution in [3.05, 3.63) is 18.2 Å². The summed E-state index contributed by atoms with van der Waals surface area (Å²) in [6.07, 6.45) is 2.71. The van der Waals surface area contributed by atoms with Gasteiger partial charge in [-0.25, -0.2) is 8.42 Å². The van der Waals surface area contributed by atoms with Gasteiger partial charge in [0.25, 0.3) is 5.91 Å². The molecule has 0 unspecified atom stereocenters. The Morgan fingerprint density at radius 3 is 2.93 bits per heavy atom. The Labute approximate surface area is 165 Å². The second-order valence-electron chi connectivity index (χ2n) is 7.37. The molecule has 1 N–H and O–H groups in total. The van der Waals surface area contributed by atoms with Crippen molar-refractivity contribution in [1.29, 1.82) is 0 Å². The zero-order chi connectivity index (χ0) is 20.3. The van der Waals surface area contributed by atoms with E-state index >= 15 is 0 Å². The summed E-state index contributed by atoms with van der Waals surface area (Å²) >= 11 is 0. The number of benzene rings is 1. The standard InChI is InChI=1S/C18H27N5O4S/c1-4-14(3)19-18(24)12-27-23-17-10-15(7-8-16(17)20-21-23)28(25,26)22-9-5-6-13(2)11-22/h7-8,10,13-14H,4-6,9,11-12H2,1-3H3,(H,19,24)/t13-,14-/m0/s1. The average molecular weight is 410 g/mol. The maximum absolute atomic E-state index is 13.0. The molecule has 0 saturated carbocycles. The molecule has 9 nitrogen and oxygen atoms in total. The van der Waals surface area contributed by atoms with Gasteiger partial charge in [0.15, 0.2) is 6.61 Å². The third kappa shape index (κ3) is 4.44. The SMILES string of the molecule is CC[C@H](C)NC(=O)COn1nnc2ccc(S(=O)(=O)N3CCC[C@H](C)C3)cc21. The lowest BCUT2D eigenvalue weighted by molar-refractivity contribution is -0.126. The van der Waals surface area contributed by atoms with E-state index in [0.29, 0.717) is 30.0 Å². The Kier molecular flexibility index (Phi) is 6.19. The van der Waals surface area contributed by atoms with Crippen LogP contribution in [0.5, 0.6) is 0 Å². The summed E-state index contributed by atoms with van der Waals surface area (Å²) in [6, 6.07) is 4.68. The maximum atomic E-state index is 13.0. The molecular weight excluding hydrogens is 382 g/mol. The number of fused-ring (bicyclic) bond motifs is 1. The molecule has 0 radical (unpaired) electrons. The molecule has 1 saturated heterocycles. The highest BCUT2D eigenvalue weighted by molar-refractivity contribution is 7.89. The number of aromatic nitrogens is 3. The number of nitrogens with zero attached hydrogens (tertiary/aromatic N) is 4. The monoisotopic (exact) mass is 409 g/mol. The molecule has 2 heterocycles. The second-order valence-corrected chi connectivity index (χ2v) is 9.31. The summed E-state index contributed by atoms with van der Waals surface area (Å²) in [4.78, 5) is 18.6. The van der Waals surface area contributed by atoms with Gasteiger partial charge in [-0.15, -0.1) is 5.10 Å². The molecule has 28 heavy (non-hydrogen) atoms. The van der Waals surface area contributed by atoms with Crippen molar-refractivity contribution >= 4 is 27.0 Å². The highest BCUT2D eigenvalue weighted by atomic mass is 32.2. The van der Waals surface area contributed by atoms with Gasteiger partial charge in [0, 0.05) is 19.1 Å². The van der Waals surface area contributed by atoms with Crippen LogP contribution in [0.4, 0.5) is 0 Å². The largest absolute Gasteiger partial charge is 0.385 e. The van der Waals surface area contributed by atoms with E-state index in [2.05, 4.69) is 22.6 Å². The quantitative estimate of drug-likeness (QED) is 0.736. The van der Waals surface area contributed by atoms with Gasteiger partial charge in [-0.2, -0.15) is 4.31 Å². The molecule has 10 heteroatoms. The van der Waals surface area contributed by atoms with Crippen molar-refractivity contribution in [2.24, 2.45) is 5.92 Å². The molecule has 2 aromatic rings. The smallest absolute Gasteiger partial charge is 0.260 e. The summed E-state index contributed by atoms with van der Waals surface area (Å²) in [5.74, 6) is 0.0656. The summed E-state index contributed by atoms with van der Waals surface area (Å²) < 4.78 is 27.5. The summed E-state index contributed by atoms with van der Waals surface area (Å²) in [5, 5.41) is 10.6. The van der Waals surface area contributed by atoms with E-state index in [1.165, 1.54) is 16.4 Å². The Bertz CT molecular complexity index is 943. The maximum Gasteiger partial charge on any atom is 0.260 e.